The lowest BCUT2D eigenvalue weighted by atomic mass is 9.79. The van der Waals surface area contributed by atoms with E-state index in [0.29, 0.717) is 0 Å². The number of fused-ring (bicyclic) bond motifs is 11. The van der Waals surface area contributed by atoms with Crippen molar-refractivity contribution in [2.24, 2.45) is 0 Å². The first kappa shape index (κ1) is 38.0. The van der Waals surface area contributed by atoms with E-state index in [0.717, 1.165) is 124 Å². The topological polar surface area (TPSA) is 42.7 Å². The van der Waals surface area contributed by atoms with E-state index < -0.39 is 0 Å². The van der Waals surface area contributed by atoms with Gasteiger partial charge in [0.1, 0.15) is 33.5 Å². The Hall–Kier alpha value is -8.34. The van der Waals surface area contributed by atoms with Gasteiger partial charge in [0.05, 0.1) is 11.1 Å². The summed E-state index contributed by atoms with van der Waals surface area (Å²) in [6.45, 7) is 4.74. The summed E-state index contributed by atoms with van der Waals surface area (Å²) in [6.07, 6.45) is 6.85. The van der Waals surface area contributed by atoms with E-state index in [1.807, 2.05) is 18.2 Å². The molecular formula is C63H43NO3. The van der Waals surface area contributed by atoms with Crippen molar-refractivity contribution in [3.8, 4) is 33.4 Å². The van der Waals surface area contributed by atoms with Crippen LogP contribution >= 0.6 is 0 Å². The SMILES string of the molecule is CC1(C)C2=C(CCC=C2)c2ccc(-c3c4oc5cccc(N(c6ccc(-c7ccccc7)cc6)c6ccc(-c7cccc8c7oc7ccccc78)cc6)c5c4cc4oc5ccccc5c34)cc21. The molecule has 0 radical (unpaired) electrons. The summed E-state index contributed by atoms with van der Waals surface area (Å²) in [6, 6.07) is 67.1. The molecular weight excluding hydrogens is 819 g/mol. The summed E-state index contributed by atoms with van der Waals surface area (Å²) in [5.74, 6) is 0. The summed E-state index contributed by atoms with van der Waals surface area (Å²) in [4.78, 5) is 2.36. The molecule has 0 saturated heterocycles. The first-order valence-electron chi connectivity index (χ1n) is 23.3. The Morgan fingerprint density at radius 3 is 1.90 bits per heavy atom. The van der Waals surface area contributed by atoms with Gasteiger partial charge in [-0.25, -0.2) is 0 Å². The van der Waals surface area contributed by atoms with E-state index in [9.17, 15) is 0 Å². The third-order valence-corrected chi connectivity index (χ3v) is 14.6. The number of allylic oxidation sites excluding steroid dienone is 4. The Balaban J connectivity index is 0.988. The van der Waals surface area contributed by atoms with Crippen molar-refractivity contribution in [2.75, 3.05) is 4.90 Å². The molecule has 0 N–H and O–H groups in total. The van der Waals surface area contributed by atoms with E-state index in [1.54, 1.807) is 0 Å². The number of benzene rings is 9. The molecule has 0 saturated carbocycles. The van der Waals surface area contributed by atoms with Crippen LogP contribution in [0.1, 0.15) is 37.8 Å². The third kappa shape index (κ3) is 5.66. The van der Waals surface area contributed by atoms with Gasteiger partial charge in [0, 0.05) is 54.8 Å². The van der Waals surface area contributed by atoms with Crippen LogP contribution in [0.4, 0.5) is 17.1 Å². The van der Waals surface area contributed by atoms with Gasteiger partial charge in [-0.1, -0.05) is 153 Å². The fourth-order valence-corrected chi connectivity index (χ4v) is 11.4. The molecule has 12 aromatic rings. The summed E-state index contributed by atoms with van der Waals surface area (Å²) < 4.78 is 20.5. The van der Waals surface area contributed by atoms with Crippen molar-refractivity contribution in [3.63, 3.8) is 0 Å². The van der Waals surface area contributed by atoms with Crippen molar-refractivity contribution in [1.82, 2.24) is 0 Å². The Labute approximate surface area is 387 Å². The van der Waals surface area contributed by atoms with Gasteiger partial charge in [-0.3, -0.25) is 0 Å². The highest BCUT2D eigenvalue weighted by molar-refractivity contribution is 6.25. The molecule has 3 heterocycles. The van der Waals surface area contributed by atoms with Crippen LogP contribution in [0.2, 0.25) is 0 Å². The largest absolute Gasteiger partial charge is 0.456 e. The quantitative estimate of drug-likeness (QED) is 0.167. The maximum absolute atomic E-state index is 7.21. The van der Waals surface area contributed by atoms with Crippen LogP contribution in [0.25, 0.3) is 105 Å². The normalized spacial score (nSPS) is 14.3. The number of furan rings is 3. The maximum atomic E-state index is 7.21. The molecule has 318 valence electrons. The van der Waals surface area contributed by atoms with Gasteiger partial charge in [-0.2, -0.15) is 0 Å². The van der Waals surface area contributed by atoms with Crippen LogP contribution in [0.5, 0.6) is 0 Å². The predicted octanol–water partition coefficient (Wildman–Crippen LogP) is 18.3. The van der Waals surface area contributed by atoms with Gasteiger partial charge < -0.3 is 18.2 Å². The molecule has 0 amide bonds. The second kappa shape index (κ2) is 14.3. The number of nitrogens with zero attached hydrogens (tertiary/aromatic N) is 1. The minimum Gasteiger partial charge on any atom is -0.456 e. The van der Waals surface area contributed by atoms with E-state index >= 15 is 0 Å². The average molecular weight is 862 g/mol. The number of anilines is 3. The maximum Gasteiger partial charge on any atom is 0.144 e. The highest BCUT2D eigenvalue weighted by atomic mass is 16.3. The number of hydrogen-bond acceptors (Lipinski definition) is 4. The zero-order valence-corrected chi connectivity index (χ0v) is 37.1. The van der Waals surface area contributed by atoms with Gasteiger partial charge in [0.15, 0.2) is 0 Å². The highest BCUT2D eigenvalue weighted by Gasteiger charge is 2.37. The second-order valence-electron chi connectivity index (χ2n) is 18.6. The Morgan fingerprint density at radius 1 is 0.448 bits per heavy atom. The fourth-order valence-electron chi connectivity index (χ4n) is 11.4. The molecule has 0 spiro atoms. The molecule has 14 rings (SSSR count). The van der Waals surface area contributed by atoms with Gasteiger partial charge >= 0.3 is 0 Å². The standard InChI is InChI=1S/C63H43NO3/c1-63(2)51-21-9-6-16-45(51)46-35-30-41(36-52(46)63)58-60-49-18-8-11-24-55(49)65-57(60)37-50-59-53(22-13-25-56(59)67-62(50)58)64(42-31-26-39(27-32-42)38-14-4-3-5-15-38)43-33-28-40(29-34-43)44-19-12-20-48-47-17-7-10-23-54(47)66-61(44)48/h3-5,7-15,17-37H,6,16H2,1-2H3. The zero-order chi connectivity index (χ0) is 44.4. The molecule has 9 aromatic carbocycles. The van der Waals surface area contributed by atoms with Crippen LogP contribution in [0, 0.1) is 0 Å². The Kier molecular flexibility index (Phi) is 8.12. The molecule has 2 aliphatic rings. The first-order chi connectivity index (χ1) is 33.0. The van der Waals surface area contributed by atoms with E-state index in [-0.39, 0.29) is 5.41 Å². The monoisotopic (exact) mass is 861 g/mol. The zero-order valence-electron chi connectivity index (χ0n) is 37.1. The average Bonchev–Trinajstić information content (AvgIpc) is 4.12. The van der Waals surface area contributed by atoms with Gasteiger partial charge in [-0.05, 0) is 118 Å². The van der Waals surface area contributed by atoms with Crippen LogP contribution in [0.15, 0.2) is 219 Å². The minimum absolute atomic E-state index is 0.116. The summed E-state index contributed by atoms with van der Waals surface area (Å²) in [5, 5.41) is 6.41. The van der Waals surface area contributed by atoms with Crippen LogP contribution < -0.4 is 4.90 Å². The first-order valence-corrected chi connectivity index (χ1v) is 23.3. The lowest BCUT2D eigenvalue weighted by molar-refractivity contribution is 0.651. The van der Waals surface area contributed by atoms with Crippen molar-refractivity contribution < 1.29 is 13.3 Å². The lowest BCUT2D eigenvalue weighted by Crippen LogP contribution is -2.16. The molecule has 4 heteroatoms. The van der Waals surface area contributed by atoms with Crippen LogP contribution in [-0.4, -0.2) is 0 Å². The molecule has 0 aliphatic heterocycles. The summed E-state index contributed by atoms with van der Waals surface area (Å²) in [5.41, 5.74) is 20.4. The van der Waals surface area contributed by atoms with E-state index in [2.05, 4.69) is 201 Å². The van der Waals surface area contributed by atoms with Crippen molar-refractivity contribution in [1.29, 1.82) is 0 Å². The predicted molar refractivity (Wildman–Crippen MR) is 278 cm³/mol. The van der Waals surface area contributed by atoms with Crippen molar-refractivity contribution >= 4 is 88.5 Å². The summed E-state index contributed by atoms with van der Waals surface area (Å²) in [7, 11) is 0. The number of para-hydroxylation sites is 3. The molecule has 0 fully saturated rings. The highest BCUT2D eigenvalue weighted by Crippen LogP contribution is 2.53. The van der Waals surface area contributed by atoms with E-state index in [4.69, 9.17) is 13.3 Å². The summed E-state index contributed by atoms with van der Waals surface area (Å²) >= 11 is 0. The number of rotatable bonds is 6. The Morgan fingerprint density at radius 2 is 1.09 bits per heavy atom. The lowest BCUT2D eigenvalue weighted by Gasteiger charge is -2.26. The molecule has 3 aromatic heterocycles. The van der Waals surface area contributed by atoms with Crippen molar-refractivity contribution in [3.05, 3.63) is 217 Å². The molecule has 67 heavy (non-hydrogen) atoms. The van der Waals surface area contributed by atoms with E-state index in [1.165, 1.54) is 27.8 Å². The fraction of sp³-hybridized carbons (Fsp3) is 0.0794. The minimum atomic E-state index is -0.116. The molecule has 2 aliphatic carbocycles. The van der Waals surface area contributed by atoms with Gasteiger partial charge in [0.2, 0.25) is 0 Å². The second-order valence-corrected chi connectivity index (χ2v) is 18.6. The smallest absolute Gasteiger partial charge is 0.144 e. The van der Waals surface area contributed by atoms with Crippen molar-refractivity contribution in [2.45, 2.75) is 32.1 Å². The molecule has 0 unspecified atom stereocenters. The van der Waals surface area contributed by atoms with Crippen LogP contribution in [-0.2, 0) is 5.41 Å². The third-order valence-electron chi connectivity index (χ3n) is 14.6. The molecule has 4 nitrogen and oxygen atoms in total. The van der Waals surface area contributed by atoms with Gasteiger partial charge in [0.25, 0.3) is 0 Å². The van der Waals surface area contributed by atoms with Crippen LogP contribution in [0.3, 0.4) is 0 Å². The molecule has 0 atom stereocenters. The van der Waals surface area contributed by atoms with Gasteiger partial charge in [-0.15, -0.1) is 0 Å². The Bertz CT molecular complexity index is 4040. The number of hydrogen-bond donors (Lipinski definition) is 0. The molecule has 0 bridgehead atoms.